The van der Waals surface area contributed by atoms with E-state index in [1.165, 1.54) is 37.7 Å². The average Bonchev–Trinajstić information content (AvgIpc) is 3.60. The lowest BCUT2D eigenvalue weighted by atomic mass is 9.48. The predicted octanol–water partition coefficient (Wildman–Crippen LogP) is 3.75. The standard InChI is InChI=1S/C29H40N2O4/c1-30(24(33)15-18-5-3-2-4-6-18)21-11-12-29(34)23-16-20-9-10-22(32)26-25(20)28(29,27(21)35-26)13-14-31(23)17-19-7-8-19/h9-10,18-19,21,23,27,32,34H,2-8,11-17H2,1H3/t21-,23+,27-,28-,29+/m0/s1. The molecular weight excluding hydrogens is 440 g/mol. The molecule has 190 valence electrons. The fourth-order valence-corrected chi connectivity index (χ4v) is 8.82. The van der Waals surface area contributed by atoms with Crippen LogP contribution in [0.25, 0.3) is 0 Å². The number of piperidine rings is 1. The van der Waals surface area contributed by atoms with E-state index in [1.807, 2.05) is 11.9 Å². The number of ether oxygens (including phenoxy) is 1. The summed E-state index contributed by atoms with van der Waals surface area (Å²) in [5, 5.41) is 23.4. The lowest BCUT2D eigenvalue weighted by Crippen LogP contribution is -2.78. The Kier molecular flexibility index (Phi) is 5.03. The van der Waals surface area contributed by atoms with E-state index < -0.39 is 11.0 Å². The van der Waals surface area contributed by atoms with Crippen molar-refractivity contribution in [3.8, 4) is 11.5 Å². The molecule has 1 aromatic rings. The number of rotatable bonds is 5. The number of hydrogen-bond donors (Lipinski definition) is 2. The summed E-state index contributed by atoms with van der Waals surface area (Å²) < 4.78 is 6.65. The van der Waals surface area contributed by atoms with Crippen molar-refractivity contribution in [3.63, 3.8) is 0 Å². The van der Waals surface area contributed by atoms with Crippen molar-refractivity contribution in [2.24, 2.45) is 11.8 Å². The summed E-state index contributed by atoms with van der Waals surface area (Å²) in [6.07, 6.45) is 12.1. The van der Waals surface area contributed by atoms with Gasteiger partial charge in [0.25, 0.3) is 0 Å². The van der Waals surface area contributed by atoms with Gasteiger partial charge < -0.3 is 19.8 Å². The molecule has 0 radical (unpaired) electrons. The van der Waals surface area contributed by atoms with Gasteiger partial charge in [-0.05, 0) is 81.4 Å². The monoisotopic (exact) mass is 480 g/mol. The molecule has 4 fully saturated rings. The van der Waals surface area contributed by atoms with Crippen molar-refractivity contribution in [1.29, 1.82) is 0 Å². The van der Waals surface area contributed by atoms with Crippen molar-refractivity contribution < 1.29 is 19.7 Å². The van der Waals surface area contributed by atoms with E-state index in [4.69, 9.17) is 4.74 Å². The molecule has 35 heavy (non-hydrogen) atoms. The first-order chi connectivity index (χ1) is 16.9. The number of amides is 1. The highest BCUT2D eigenvalue weighted by atomic mass is 16.5. The number of phenols is 1. The van der Waals surface area contributed by atoms with E-state index >= 15 is 0 Å². The molecular formula is C29H40N2O4. The highest BCUT2D eigenvalue weighted by Crippen LogP contribution is 2.66. The first-order valence-corrected chi connectivity index (χ1v) is 14.2. The molecule has 0 aromatic heterocycles. The van der Waals surface area contributed by atoms with Crippen LogP contribution in [-0.2, 0) is 16.6 Å². The molecule has 1 aromatic carbocycles. The fourth-order valence-electron chi connectivity index (χ4n) is 8.82. The Bertz CT molecular complexity index is 1030. The molecule has 7 rings (SSSR count). The zero-order valence-electron chi connectivity index (χ0n) is 21.0. The van der Waals surface area contributed by atoms with Gasteiger partial charge in [0.05, 0.1) is 17.1 Å². The number of carbonyl (C=O) groups is 1. The Morgan fingerprint density at radius 3 is 2.69 bits per heavy atom. The average molecular weight is 481 g/mol. The summed E-state index contributed by atoms with van der Waals surface area (Å²) >= 11 is 0. The summed E-state index contributed by atoms with van der Waals surface area (Å²) in [6.45, 7) is 2.03. The lowest BCUT2D eigenvalue weighted by Gasteiger charge is -2.64. The van der Waals surface area contributed by atoms with Crippen LogP contribution in [0.4, 0.5) is 0 Å². The van der Waals surface area contributed by atoms with Gasteiger partial charge in [-0.25, -0.2) is 0 Å². The summed E-state index contributed by atoms with van der Waals surface area (Å²) in [4.78, 5) is 18.0. The highest BCUT2D eigenvalue weighted by Gasteiger charge is 2.73. The first-order valence-electron chi connectivity index (χ1n) is 14.2. The van der Waals surface area contributed by atoms with Crippen molar-refractivity contribution >= 4 is 5.91 Å². The Morgan fingerprint density at radius 1 is 1.11 bits per heavy atom. The number of nitrogens with zero attached hydrogens (tertiary/aromatic N) is 2. The van der Waals surface area contributed by atoms with E-state index in [9.17, 15) is 15.0 Å². The number of hydrogen-bond acceptors (Lipinski definition) is 5. The molecule has 3 saturated carbocycles. The van der Waals surface area contributed by atoms with Crippen LogP contribution in [0.1, 0.15) is 81.8 Å². The molecule has 6 nitrogen and oxygen atoms in total. The molecule has 2 aliphatic heterocycles. The van der Waals surface area contributed by atoms with Crippen LogP contribution in [0, 0.1) is 11.8 Å². The molecule has 1 amide bonds. The van der Waals surface area contributed by atoms with Crippen LogP contribution in [0.5, 0.6) is 11.5 Å². The quantitative estimate of drug-likeness (QED) is 0.672. The van der Waals surface area contributed by atoms with Gasteiger partial charge in [0.2, 0.25) is 5.91 Å². The smallest absolute Gasteiger partial charge is 0.222 e. The second-order valence-corrected chi connectivity index (χ2v) is 12.6. The largest absolute Gasteiger partial charge is 0.504 e. The SMILES string of the molecule is CN(C(=O)CC1CCCCC1)[C@H]1CC[C@@]2(O)[C@H]3Cc4ccc(O)c5c4[C@@]2(CCN3CC2CC2)[C@H]1O5. The van der Waals surface area contributed by atoms with E-state index in [0.717, 1.165) is 56.7 Å². The minimum atomic E-state index is -0.888. The Balaban J connectivity index is 1.25. The molecule has 2 heterocycles. The van der Waals surface area contributed by atoms with Gasteiger partial charge in [0.1, 0.15) is 6.10 Å². The maximum Gasteiger partial charge on any atom is 0.222 e. The molecule has 0 unspecified atom stereocenters. The van der Waals surface area contributed by atoms with E-state index in [-0.39, 0.29) is 29.8 Å². The van der Waals surface area contributed by atoms with Crippen LogP contribution >= 0.6 is 0 Å². The number of carbonyl (C=O) groups excluding carboxylic acids is 1. The normalized spacial score (nSPS) is 38.1. The molecule has 6 aliphatic rings. The summed E-state index contributed by atoms with van der Waals surface area (Å²) in [5.41, 5.74) is 0.819. The zero-order valence-corrected chi connectivity index (χ0v) is 21.0. The third kappa shape index (κ3) is 3.11. The van der Waals surface area contributed by atoms with Gasteiger partial charge in [-0.15, -0.1) is 0 Å². The number of aliphatic hydroxyl groups is 1. The van der Waals surface area contributed by atoms with Gasteiger partial charge in [-0.1, -0.05) is 25.3 Å². The van der Waals surface area contributed by atoms with Crippen molar-refractivity contribution in [2.75, 3.05) is 20.1 Å². The van der Waals surface area contributed by atoms with Crippen LogP contribution in [0.3, 0.4) is 0 Å². The second-order valence-electron chi connectivity index (χ2n) is 12.6. The van der Waals surface area contributed by atoms with Crippen LogP contribution < -0.4 is 4.74 Å². The Labute approximate surface area is 208 Å². The van der Waals surface area contributed by atoms with Crippen molar-refractivity contribution in [3.05, 3.63) is 23.3 Å². The van der Waals surface area contributed by atoms with E-state index in [2.05, 4.69) is 11.0 Å². The number of likely N-dealkylation sites (tertiary alicyclic amines) is 1. The summed E-state index contributed by atoms with van der Waals surface area (Å²) in [5.74, 6) is 2.23. The lowest BCUT2D eigenvalue weighted by molar-refractivity contribution is -0.200. The van der Waals surface area contributed by atoms with E-state index in [1.54, 1.807) is 6.07 Å². The number of likely N-dealkylation sites (N-methyl/N-ethyl adjacent to an activating group) is 1. The maximum atomic E-state index is 13.5. The summed E-state index contributed by atoms with van der Waals surface area (Å²) in [6, 6.07) is 3.81. The number of aromatic hydroxyl groups is 1. The third-order valence-electron chi connectivity index (χ3n) is 10.8. The molecule has 6 heteroatoms. The molecule has 4 aliphatic carbocycles. The predicted molar refractivity (Wildman–Crippen MR) is 133 cm³/mol. The minimum absolute atomic E-state index is 0.0788. The van der Waals surface area contributed by atoms with E-state index in [0.29, 0.717) is 24.5 Å². The van der Waals surface area contributed by atoms with Crippen LogP contribution in [0.15, 0.2) is 12.1 Å². The summed E-state index contributed by atoms with van der Waals surface area (Å²) in [7, 11) is 1.95. The fraction of sp³-hybridized carbons (Fsp3) is 0.759. The topological polar surface area (TPSA) is 73.2 Å². The molecule has 5 atom stereocenters. The van der Waals surface area contributed by atoms with Gasteiger partial charge in [0, 0.05) is 31.6 Å². The third-order valence-corrected chi connectivity index (χ3v) is 10.8. The first kappa shape index (κ1) is 22.4. The second kappa shape index (κ2) is 7.85. The van der Waals surface area contributed by atoms with Crippen LogP contribution in [-0.4, -0.2) is 69.8 Å². The Morgan fingerprint density at radius 2 is 1.91 bits per heavy atom. The van der Waals surface area contributed by atoms with Gasteiger partial charge in [-0.3, -0.25) is 9.69 Å². The molecule has 1 spiro atoms. The van der Waals surface area contributed by atoms with Crippen molar-refractivity contribution in [1.82, 2.24) is 9.80 Å². The van der Waals surface area contributed by atoms with Gasteiger partial charge >= 0.3 is 0 Å². The maximum absolute atomic E-state index is 13.5. The van der Waals surface area contributed by atoms with Crippen molar-refractivity contribution in [2.45, 2.75) is 106 Å². The van der Waals surface area contributed by atoms with Crippen LogP contribution in [0.2, 0.25) is 0 Å². The number of benzene rings is 1. The van der Waals surface area contributed by atoms with Gasteiger partial charge in [-0.2, -0.15) is 0 Å². The highest BCUT2D eigenvalue weighted by molar-refractivity contribution is 5.77. The van der Waals surface area contributed by atoms with Gasteiger partial charge in [0.15, 0.2) is 11.5 Å². The molecule has 2 bridgehead atoms. The molecule has 2 N–H and O–H groups in total. The zero-order chi connectivity index (χ0) is 23.9. The number of phenolic OH excluding ortho intramolecular Hbond substituents is 1. The molecule has 1 saturated heterocycles. The Hall–Kier alpha value is -1.79. The minimum Gasteiger partial charge on any atom is -0.504 e.